The van der Waals surface area contributed by atoms with Crippen LogP contribution < -0.4 is 19.5 Å². The second kappa shape index (κ2) is 17.6. The van der Waals surface area contributed by atoms with Crippen LogP contribution in [0.3, 0.4) is 0 Å². The third kappa shape index (κ3) is 9.76. The van der Waals surface area contributed by atoms with Gasteiger partial charge < -0.3 is 29.5 Å². The number of fused-ring (bicyclic) bond motifs is 2. The molecule has 3 aliphatic rings. The van der Waals surface area contributed by atoms with Gasteiger partial charge in [0.1, 0.15) is 17.2 Å². The number of carbonyl (C=O) groups excluding carboxylic acids is 2. The largest absolute Gasteiger partial charge is 0.497 e. The van der Waals surface area contributed by atoms with Gasteiger partial charge in [-0.3, -0.25) is 13.8 Å². The van der Waals surface area contributed by atoms with E-state index in [9.17, 15) is 23.7 Å². The molecule has 4 unspecified atom stereocenters. The van der Waals surface area contributed by atoms with Gasteiger partial charge in [0.2, 0.25) is 18.6 Å². The molecule has 2 saturated heterocycles. The number of thioether (sulfide) groups is 1. The van der Waals surface area contributed by atoms with E-state index in [1.165, 1.54) is 54.3 Å². The van der Waals surface area contributed by atoms with Gasteiger partial charge >= 0.3 is 5.97 Å². The molecule has 2 amide bonds. The van der Waals surface area contributed by atoms with Crippen molar-refractivity contribution in [2.24, 2.45) is 0 Å². The van der Waals surface area contributed by atoms with Gasteiger partial charge in [0, 0.05) is 27.6 Å². The summed E-state index contributed by atoms with van der Waals surface area (Å²) >= 11 is 1.42. The van der Waals surface area contributed by atoms with Gasteiger partial charge in [0.15, 0.2) is 17.5 Å². The molecule has 2 fully saturated rings. The molecule has 47 heavy (non-hydrogen) atoms. The van der Waals surface area contributed by atoms with Crippen molar-refractivity contribution in [3.05, 3.63) is 65.7 Å². The zero-order valence-electron chi connectivity index (χ0n) is 27.4. The summed E-state index contributed by atoms with van der Waals surface area (Å²) in [7, 11) is 0.823. The summed E-state index contributed by atoms with van der Waals surface area (Å²) in [6, 6.07) is 11.4. The second-order valence-corrected chi connectivity index (χ2v) is 15.1. The molecule has 12 heteroatoms. The Morgan fingerprint density at radius 3 is 2.47 bits per heavy atom. The summed E-state index contributed by atoms with van der Waals surface area (Å²) < 4.78 is 28.1. The number of carboxylic acid groups (broad SMARTS) is 1. The number of benzene rings is 2. The fraction of sp³-hybridized carbons (Fsp3) is 0.514. The standard InChI is InChI=1S/C18H28O3S.C17H18N2O5S/c1-3-4-5-6-7-8-11-22(19)15(2)12-16-9-10-17-18(13-16)21-14-20-17;1-9-8-25-16-13(15(21)19(16)14(9)17(22)23)18-12(20)7-10-3-5-11(24-2)6-4-10/h9-10,13,15H,3-8,11-12,14H2,1-2H3;3-6,13-14,16H,1,7-8H2,2H3,(H,18,20)(H,22,23)/t;13?,14?,16-/m.1/s1. The lowest BCUT2D eigenvalue weighted by atomic mass is 9.98. The molecule has 0 aromatic heterocycles. The topological polar surface area (TPSA) is 131 Å². The molecule has 3 heterocycles. The minimum absolute atomic E-state index is 0.139. The summed E-state index contributed by atoms with van der Waals surface area (Å²) in [5, 5.41) is 11.8. The molecule has 2 N–H and O–H groups in total. The van der Waals surface area contributed by atoms with Crippen LogP contribution in [0.15, 0.2) is 54.6 Å². The summed E-state index contributed by atoms with van der Waals surface area (Å²) in [6.07, 6.45) is 8.46. The predicted molar refractivity (Wildman–Crippen MR) is 184 cm³/mol. The smallest absolute Gasteiger partial charge is 0.330 e. The van der Waals surface area contributed by atoms with E-state index in [0.717, 1.165) is 35.7 Å². The molecule has 3 aliphatic heterocycles. The number of aliphatic carboxylic acids is 1. The van der Waals surface area contributed by atoms with Gasteiger partial charge in [-0.15, -0.1) is 11.8 Å². The summed E-state index contributed by atoms with van der Waals surface area (Å²) in [5.41, 5.74) is 2.47. The predicted octanol–water partition coefficient (Wildman–Crippen LogP) is 5.10. The van der Waals surface area contributed by atoms with Gasteiger partial charge in [-0.05, 0) is 53.8 Å². The van der Waals surface area contributed by atoms with Crippen LogP contribution >= 0.6 is 11.8 Å². The van der Waals surface area contributed by atoms with Crippen LogP contribution in [0.25, 0.3) is 0 Å². The number of rotatable bonds is 15. The first-order valence-electron chi connectivity index (χ1n) is 16.1. The van der Waals surface area contributed by atoms with Crippen LogP contribution in [-0.2, 0) is 38.0 Å². The van der Waals surface area contributed by atoms with Crippen molar-refractivity contribution in [2.75, 3.05) is 25.4 Å². The SMILES string of the molecule is C=C1CS[C@@H]2C(NC(=O)Cc3ccc(OC)cc3)C(=O)N2C1C(=O)O.CCCCCCCCS(=O)C(C)Cc1ccc2c(c1)OCO2. The van der Waals surface area contributed by atoms with Gasteiger partial charge in [0.05, 0.1) is 13.5 Å². The van der Waals surface area contributed by atoms with E-state index in [0.29, 0.717) is 23.9 Å². The van der Waals surface area contributed by atoms with E-state index in [4.69, 9.17) is 14.2 Å². The molecule has 0 saturated carbocycles. The van der Waals surface area contributed by atoms with Crippen LogP contribution in [0.5, 0.6) is 17.2 Å². The highest BCUT2D eigenvalue weighted by Gasteiger charge is 2.56. The first kappa shape index (κ1) is 36.3. The highest BCUT2D eigenvalue weighted by molar-refractivity contribution is 8.00. The fourth-order valence-electron chi connectivity index (χ4n) is 5.70. The number of carboxylic acids is 1. The van der Waals surface area contributed by atoms with Crippen LogP contribution in [0.4, 0.5) is 0 Å². The maximum absolute atomic E-state index is 12.3. The van der Waals surface area contributed by atoms with E-state index in [2.05, 4.69) is 25.7 Å². The Hall–Kier alpha value is -3.51. The number of β-lactam (4-membered cyclic amide) rings is 1. The lowest BCUT2D eigenvalue weighted by Gasteiger charge is -2.52. The van der Waals surface area contributed by atoms with Crippen LogP contribution in [-0.4, -0.2) is 80.1 Å². The number of nitrogens with one attached hydrogen (secondary N) is 1. The maximum atomic E-state index is 12.3. The fourth-order valence-corrected chi connectivity index (χ4v) is 8.28. The molecule has 0 aliphatic carbocycles. The number of methoxy groups -OCH3 is 1. The Morgan fingerprint density at radius 1 is 1.09 bits per heavy atom. The van der Waals surface area contributed by atoms with Crippen LogP contribution in [0, 0.1) is 0 Å². The molecule has 5 atom stereocenters. The van der Waals surface area contributed by atoms with Gasteiger partial charge in [0.25, 0.3) is 0 Å². The number of ether oxygens (including phenoxy) is 3. The molecule has 256 valence electrons. The Balaban J connectivity index is 0.000000215. The van der Waals surface area contributed by atoms with Crippen molar-refractivity contribution in [1.29, 1.82) is 0 Å². The molecular weight excluding hydrogens is 641 g/mol. The van der Waals surface area contributed by atoms with Crippen molar-refractivity contribution < 1.29 is 37.9 Å². The van der Waals surface area contributed by atoms with Gasteiger partial charge in [-0.25, -0.2) is 4.79 Å². The summed E-state index contributed by atoms with van der Waals surface area (Å²) in [6.45, 7) is 8.35. The number of nitrogens with zero attached hydrogens (tertiary/aromatic N) is 1. The minimum atomic E-state index is -1.09. The zero-order chi connectivity index (χ0) is 33.9. The Morgan fingerprint density at radius 2 is 1.77 bits per heavy atom. The molecule has 10 nitrogen and oxygen atoms in total. The average molecular weight is 687 g/mol. The Kier molecular flexibility index (Phi) is 13.6. The van der Waals surface area contributed by atoms with E-state index in [1.54, 1.807) is 31.4 Å². The number of amides is 2. The molecule has 0 spiro atoms. The average Bonchev–Trinajstić information content (AvgIpc) is 3.53. The van der Waals surface area contributed by atoms with Crippen molar-refractivity contribution in [2.45, 2.75) is 87.9 Å². The van der Waals surface area contributed by atoms with Crippen molar-refractivity contribution in [1.82, 2.24) is 10.2 Å². The molecule has 0 bridgehead atoms. The van der Waals surface area contributed by atoms with Gasteiger partial charge in [-0.2, -0.15) is 0 Å². The van der Waals surface area contributed by atoms with Crippen LogP contribution in [0.2, 0.25) is 0 Å². The van der Waals surface area contributed by atoms with E-state index in [-0.39, 0.29) is 28.9 Å². The third-order valence-corrected chi connectivity index (χ3v) is 11.5. The molecular formula is C35H46N2O8S2. The Bertz CT molecular complexity index is 1430. The lowest BCUT2D eigenvalue weighted by molar-refractivity contribution is -0.160. The van der Waals surface area contributed by atoms with Crippen molar-refractivity contribution in [3.8, 4) is 17.2 Å². The monoisotopic (exact) mass is 686 g/mol. The number of carbonyl (C=O) groups is 3. The van der Waals surface area contributed by atoms with Gasteiger partial charge in [-0.1, -0.05) is 70.7 Å². The van der Waals surface area contributed by atoms with Crippen LogP contribution in [0.1, 0.15) is 63.5 Å². The first-order chi connectivity index (χ1) is 22.6. The number of unbranched alkanes of at least 4 members (excludes halogenated alkanes) is 5. The minimum Gasteiger partial charge on any atom is -0.497 e. The normalized spacial score (nSPS) is 20.7. The van der Waals surface area contributed by atoms with E-state index >= 15 is 0 Å². The molecule has 5 rings (SSSR count). The second-order valence-electron chi connectivity index (χ2n) is 12.0. The quantitative estimate of drug-likeness (QED) is 0.149. The van der Waals surface area contributed by atoms with Crippen molar-refractivity contribution in [3.63, 3.8) is 0 Å². The number of hydrogen-bond acceptors (Lipinski definition) is 8. The third-order valence-electron chi connectivity index (χ3n) is 8.37. The lowest BCUT2D eigenvalue weighted by Crippen LogP contribution is -2.74. The van der Waals surface area contributed by atoms with E-state index in [1.807, 2.05) is 18.2 Å². The molecule has 2 aromatic rings. The van der Waals surface area contributed by atoms with Crippen molar-refractivity contribution >= 4 is 40.3 Å². The summed E-state index contributed by atoms with van der Waals surface area (Å²) in [5.74, 6) is 1.86. The highest BCUT2D eigenvalue weighted by Crippen LogP contribution is 2.40. The molecule has 2 aromatic carbocycles. The highest BCUT2D eigenvalue weighted by atomic mass is 32.2. The maximum Gasteiger partial charge on any atom is 0.330 e. The molecule has 0 radical (unpaired) electrons. The first-order valence-corrected chi connectivity index (χ1v) is 18.6. The number of hydrogen-bond donors (Lipinski definition) is 2. The van der Waals surface area contributed by atoms with E-state index < -0.39 is 28.9 Å². The Labute approximate surface area is 284 Å². The summed E-state index contributed by atoms with van der Waals surface area (Å²) in [4.78, 5) is 37.2. The zero-order valence-corrected chi connectivity index (χ0v) is 29.0.